The third kappa shape index (κ3) is 3.43. The van der Waals surface area contributed by atoms with Gasteiger partial charge in [-0.25, -0.2) is 9.50 Å². The van der Waals surface area contributed by atoms with E-state index in [1.165, 1.54) is 25.7 Å². The molecule has 136 valence electrons. The van der Waals surface area contributed by atoms with E-state index in [1.807, 2.05) is 35.0 Å². The van der Waals surface area contributed by atoms with Crippen LogP contribution in [0, 0.1) is 11.3 Å². The molecule has 1 aliphatic rings. The first-order valence-corrected chi connectivity index (χ1v) is 9.52. The molecular weight excluding hydrogens is 322 g/mol. The number of aromatic nitrogens is 4. The topological polar surface area (TPSA) is 55.1 Å². The molecule has 0 aliphatic heterocycles. The maximum atomic E-state index is 4.80. The van der Waals surface area contributed by atoms with Crippen molar-refractivity contribution in [3.05, 3.63) is 42.9 Å². The zero-order valence-corrected chi connectivity index (χ0v) is 15.8. The van der Waals surface area contributed by atoms with E-state index in [9.17, 15) is 0 Å². The normalized spacial score (nSPS) is 21.0. The summed E-state index contributed by atoms with van der Waals surface area (Å²) in [5.41, 5.74) is 3.34. The lowest BCUT2D eigenvalue weighted by atomic mass is 9.71. The van der Waals surface area contributed by atoms with Crippen LogP contribution < -0.4 is 5.32 Å². The summed E-state index contributed by atoms with van der Waals surface area (Å²) in [5.74, 6) is 1.74. The zero-order valence-electron chi connectivity index (χ0n) is 15.8. The lowest BCUT2D eigenvalue weighted by Crippen LogP contribution is -2.31. The van der Waals surface area contributed by atoms with Crippen molar-refractivity contribution in [2.45, 2.75) is 52.5 Å². The van der Waals surface area contributed by atoms with Crippen molar-refractivity contribution in [3.8, 4) is 11.3 Å². The number of hydrogen-bond acceptors (Lipinski definition) is 4. The van der Waals surface area contributed by atoms with Crippen LogP contribution in [0.4, 0.5) is 5.82 Å². The number of fused-ring (bicyclic) bond motifs is 1. The molecule has 0 amide bonds. The van der Waals surface area contributed by atoms with E-state index in [2.05, 4.69) is 36.1 Å². The number of pyridine rings is 1. The van der Waals surface area contributed by atoms with Gasteiger partial charge < -0.3 is 5.32 Å². The Labute approximate surface area is 154 Å². The zero-order chi connectivity index (χ0) is 18.1. The summed E-state index contributed by atoms with van der Waals surface area (Å²) < 4.78 is 1.92. The highest BCUT2D eigenvalue weighted by Gasteiger charge is 2.29. The average Bonchev–Trinajstić information content (AvgIpc) is 3.05. The Morgan fingerprint density at radius 1 is 1.00 bits per heavy atom. The third-order valence-electron chi connectivity index (χ3n) is 5.64. The van der Waals surface area contributed by atoms with Crippen molar-refractivity contribution in [1.29, 1.82) is 0 Å². The average molecular weight is 349 g/mol. The van der Waals surface area contributed by atoms with Gasteiger partial charge in [-0.15, -0.1) is 5.10 Å². The van der Waals surface area contributed by atoms with Crippen LogP contribution in [0.3, 0.4) is 0 Å². The summed E-state index contributed by atoms with van der Waals surface area (Å²) in [6, 6.07) is 8.54. The van der Waals surface area contributed by atoms with E-state index >= 15 is 0 Å². The lowest BCUT2D eigenvalue weighted by molar-refractivity contribution is 0.173. The highest BCUT2D eigenvalue weighted by atomic mass is 15.3. The van der Waals surface area contributed by atoms with Gasteiger partial charge in [0.2, 0.25) is 0 Å². The molecule has 0 atom stereocenters. The van der Waals surface area contributed by atoms with Crippen molar-refractivity contribution in [1.82, 2.24) is 19.6 Å². The lowest BCUT2D eigenvalue weighted by Gasteiger charge is -2.37. The Balaban J connectivity index is 1.52. The molecule has 4 rings (SSSR count). The van der Waals surface area contributed by atoms with Crippen molar-refractivity contribution < 1.29 is 0 Å². The van der Waals surface area contributed by atoms with Gasteiger partial charge in [0.05, 0.1) is 11.9 Å². The number of rotatable bonds is 3. The van der Waals surface area contributed by atoms with Crippen LogP contribution in [0.1, 0.15) is 46.5 Å². The first-order valence-electron chi connectivity index (χ1n) is 9.52. The number of hydrogen-bond donors (Lipinski definition) is 1. The quantitative estimate of drug-likeness (QED) is 0.737. The summed E-state index contributed by atoms with van der Waals surface area (Å²) in [5, 5.41) is 8.44. The maximum Gasteiger partial charge on any atom is 0.154 e. The summed E-state index contributed by atoms with van der Waals surface area (Å²) in [6.07, 6.45) is 10.5. The highest BCUT2D eigenvalue weighted by Crippen LogP contribution is 2.38. The van der Waals surface area contributed by atoms with E-state index in [4.69, 9.17) is 5.10 Å². The van der Waals surface area contributed by atoms with Gasteiger partial charge in [0, 0.05) is 24.0 Å². The Bertz CT molecular complexity index is 870. The fourth-order valence-corrected chi connectivity index (χ4v) is 3.98. The summed E-state index contributed by atoms with van der Waals surface area (Å²) in [7, 11) is 0. The Kier molecular flexibility index (Phi) is 4.39. The summed E-state index contributed by atoms with van der Waals surface area (Å²) in [4.78, 5) is 8.56. The molecule has 1 saturated carbocycles. The Morgan fingerprint density at radius 2 is 1.73 bits per heavy atom. The molecule has 1 aliphatic carbocycles. The van der Waals surface area contributed by atoms with Gasteiger partial charge in [-0.05, 0) is 61.3 Å². The molecule has 0 spiro atoms. The molecule has 0 saturated heterocycles. The second kappa shape index (κ2) is 6.71. The molecule has 3 aromatic rings. The molecular formula is C21H27N5. The van der Waals surface area contributed by atoms with E-state index in [0.29, 0.717) is 11.5 Å². The van der Waals surface area contributed by atoms with Crippen LogP contribution in [0.25, 0.3) is 16.9 Å². The van der Waals surface area contributed by atoms with Gasteiger partial charge in [-0.1, -0.05) is 20.8 Å². The van der Waals surface area contributed by atoms with Crippen molar-refractivity contribution >= 4 is 11.5 Å². The number of nitrogens with zero attached hydrogens (tertiary/aromatic N) is 4. The fraction of sp³-hybridized carbons (Fsp3) is 0.476. The van der Waals surface area contributed by atoms with Crippen LogP contribution in [0.5, 0.6) is 0 Å². The monoisotopic (exact) mass is 349 g/mol. The molecule has 5 nitrogen and oxygen atoms in total. The third-order valence-corrected chi connectivity index (χ3v) is 5.64. The van der Waals surface area contributed by atoms with Gasteiger partial charge in [-0.2, -0.15) is 0 Å². The van der Waals surface area contributed by atoms with Crippen LogP contribution >= 0.6 is 0 Å². The van der Waals surface area contributed by atoms with E-state index in [0.717, 1.165) is 28.6 Å². The standard InChI is InChI=1S/C21H27N5/c1-21(2,3)16-4-6-17(7-5-16)24-19-8-9-20-23-14-18(26(20)25-19)15-10-12-22-13-11-15/h8-14,16-17H,4-7H2,1-3H3,(H,24,25). The van der Waals surface area contributed by atoms with Gasteiger partial charge in [0.1, 0.15) is 5.82 Å². The molecule has 0 unspecified atom stereocenters. The predicted molar refractivity (Wildman–Crippen MR) is 105 cm³/mol. The maximum absolute atomic E-state index is 4.80. The van der Waals surface area contributed by atoms with Gasteiger partial charge in [-0.3, -0.25) is 4.98 Å². The minimum atomic E-state index is 0.415. The second-order valence-corrected chi connectivity index (χ2v) is 8.43. The van der Waals surface area contributed by atoms with Crippen LogP contribution in [-0.4, -0.2) is 25.6 Å². The molecule has 0 aromatic carbocycles. The van der Waals surface area contributed by atoms with Crippen molar-refractivity contribution in [3.63, 3.8) is 0 Å². The first-order chi connectivity index (χ1) is 12.5. The largest absolute Gasteiger partial charge is 0.366 e. The van der Waals surface area contributed by atoms with Crippen molar-refractivity contribution in [2.24, 2.45) is 11.3 Å². The molecule has 0 bridgehead atoms. The number of nitrogens with one attached hydrogen (secondary N) is 1. The van der Waals surface area contributed by atoms with Crippen LogP contribution in [0.2, 0.25) is 0 Å². The summed E-state index contributed by atoms with van der Waals surface area (Å²) >= 11 is 0. The molecule has 1 N–H and O–H groups in total. The minimum Gasteiger partial charge on any atom is -0.366 e. The van der Waals surface area contributed by atoms with E-state index in [-0.39, 0.29) is 0 Å². The number of anilines is 1. The van der Waals surface area contributed by atoms with Gasteiger partial charge >= 0.3 is 0 Å². The molecule has 3 aromatic heterocycles. The van der Waals surface area contributed by atoms with E-state index < -0.39 is 0 Å². The Hall–Kier alpha value is -2.43. The molecule has 3 heterocycles. The van der Waals surface area contributed by atoms with Crippen molar-refractivity contribution in [2.75, 3.05) is 5.32 Å². The minimum absolute atomic E-state index is 0.415. The number of imidazole rings is 1. The van der Waals surface area contributed by atoms with Crippen LogP contribution in [0.15, 0.2) is 42.9 Å². The molecule has 26 heavy (non-hydrogen) atoms. The van der Waals surface area contributed by atoms with Gasteiger partial charge in [0.25, 0.3) is 0 Å². The molecule has 0 radical (unpaired) electrons. The predicted octanol–water partition coefficient (Wildman–Crippen LogP) is 4.81. The molecule has 5 heteroatoms. The SMILES string of the molecule is CC(C)(C)C1CCC(Nc2ccc3ncc(-c4ccncc4)n3n2)CC1. The smallest absolute Gasteiger partial charge is 0.154 e. The first kappa shape index (κ1) is 17.0. The highest BCUT2D eigenvalue weighted by molar-refractivity contribution is 5.63. The van der Waals surface area contributed by atoms with Gasteiger partial charge in [0.15, 0.2) is 5.65 Å². The fourth-order valence-electron chi connectivity index (χ4n) is 3.98. The van der Waals surface area contributed by atoms with E-state index in [1.54, 1.807) is 12.4 Å². The second-order valence-electron chi connectivity index (χ2n) is 8.43. The summed E-state index contributed by atoms with van der Waals surface area (Å²) in [6.45, 7) is 7.09. The van der Waals surface area contributed by atoms with Crippen LogP contribution in [-0.2, 0) is 0 Å². The molecule has 1 fully saturated rings. The Morgan fingerprint density at radius 3 is 2.42 bits per heavy atom.